The average molecular weight is 344 g/mol. The zero-order chi connectivity index (χ0) is 15.6. The van der Waals surface area contributed by atoms with Crippen LogP contribution in [0.1, 0.15) is 25.8 Å². The van der Waals surface area contributed by atoms with E-state index in [4.69, 9.17) is 23.2 Å². The van der Waals surface area contributed by atoms with E-state index < -0.39 is 0 Å². The summed E-state index contributed by atoms with van der Waals surface area (Å²) in [4.78, 5) is 26.7. The molecule has 0 spiro atoms. The molecular formula is C15H15Cl2NO2S. The Morgan fingerprint density at radius 3 is 2.43 bits per heavy atom. The lowest BCUT2D eigenvalue weighted by Gasteiger charge is -2.13. The summed E-state index contributed by atoms with van der Waals surface area (Å²) in [5.41, 5.74) is 0.955. The topological polar surface area (TPSA) is 37.4 Å². The number of carbonyl (C=O) groups is 2. The largest absolute Gasteiger partial charge is 0.274 e. The first kappa shape index (κ1) is 16.4. The van der Waals surface area contributed by atoms with Gasteiger partial charge in [-0.3, -0.25) is 14.5 Å². The van der Waals surface area contributed by atoms with Crippen molar-refractivity contribution in [3.05, 3.63) is 38.7 Å². The molecular weight excluding hydrogens is 329 g/mol. The van der Waals surface area contributed by atoms with Gasteiger partial charge >= 0.3 is 0 Å². The molecule has 1 aliphatic heterocycles. The summed E-state index contributed by atoms with van der Waals surface area (Å²) in [5, 5.41) is 0.877. The maximum atomic E-state index is 12.6. The van der Waals surface area contributed by atoms with Crippen LogP contribution in [0.25, 0.3) is 5.57 Å². The van der Waals surface area contributed by atoms with Crippen molar-refractivity contribution in [1.82, 2.24) is 4.90 Å². The number of hydrogen-bond donors (Lipinski definition) is 0. The summed E-state index contributed by atoms with van der Waals surface area (Å²) in [7, 11) is 0. The number of halogens is 2. The summed E-state index contributed by atoms with van der Waals surface area (Å²) in [6.45, 7) is 4.29. The Labute approximate surface area is 138 Å². The van der Waals surface area contributed by atoms with Crippen LogP contribution in [0.3, 0.4) is 0 Å². The van der Waals surface area contributed by atoms with E-state index in [0.29, 0.717) is 38.4 Å². The van der Waals surface area contributed by atoms with Crippen LogP contribution in [0.4, 0.5) is 0 Å². The highest BCUT2D eigenvalue weighted by atomic mass is 35.5. The predicted molar refractivity (Wildman–Crippen MR) is 88.5 cm³/mol. The van der Waals surface area contributed by atoms with Crippen molar-refractivity contribution in [2.45, 2.75) is 20.3 Å². The van der Waals surface area contributed by atoms with Gasteiger partial charge in [0.1, 0.15) is 0 Å². The molecule has 0 unspecified atom stereocenters. The molecule has 3 nitrogen and oxygen atoms in total. The molecule has 2 rings (SSSR count). The number of carbonyl (C=O) groups excluding carboxylic acids is 2. The molecule has 0 bridgehead atoms. The zero-order valence-corrected chi connectivity index (χ0v) is 14.1. The Morgan fingerprint density at radius 2 is 1.86 bits per heavy atom. The van der Waals surface area contributed by atoms with Gasteiger partial charge < -0.3 is 0 Å². The van der Waals surface area contributed by atoms with Gasteiger partial charge in [0.2, 0.25) is 0 Å². The third-order valence-electron chi connectivity index (χ3n) is 3.06. The smallest absolute Gasteiger partial charge is 0.267 e. The minimum atomic E-state index is -0.276. The van der Waals surface area contributed by atoms with Gasteiger partial charge in [0.15, 0.2) is 0 Å². The molecule has 0 aliphatic carbocycles. The van der Waals surface area contributed by atoms with Crippen LogP contribution in [0.2, 0.25) is 10.0 Å². The molecule has 0 N–H and O–H groups in total. The standard InChI is InChI=1S/C15H15Cl2NO2S/c1-3-7-18-14(19)12(13(15(18)20)21-4-2)10-6-5-9(16)8-11(10)17/h5-6,8H,3-4,7H2,1-2H3. The van der Waals surface area contributed by atoms with E-state index in [0.717, 1.165) is 6.42 Å². The zero-order valence-electron chi connectivity index (χ0n) is 11.8. The fraction of sp³-hybridized carbons (Fsp3) is 0.333. The van der Waals surface area contributed by atoms with E-state index >= 15 is 0 Å². The van der Waals surface area contributed by atoms with E-state index in [1.807, 2.05) is 13.8 Å². The van der Waals surface area contributed by atoms with Crippen LogP contribution in [0.5, 0.6) is 0 Å². The van der Waals surface area contributed by atoms with Crippen molar-refractivity contribution < 1.29 is 9.59 Å². The molecule has 1 heterocycles. The van der Waals surface area contributed by atoms with Crippen molar-refractivity contribution in [2.24, 2.45) is 0 Å². The van der Waals surface area contributed by atoms with Crippen LogP contribution >= 0.6 is 35.0 Å². The average Bonchev–Trinajstić information content (AvgIpc) is 2.65. The van der Waals surface area contributed by atoms with Gasteiger partial charge in [-0.15, -0.1) is 11.8 Å². The van der Waals surface area contributed by atoms with E-state index in [2.05, 4.69) is 0 Å². The minimum Gasteiger partial charge on any atom is -0.274 e. The number of hydrogen-bond acceptors (Lipinski definition) is 3. The third kappa shape index (κ3) is 3.12. The van der Waals surface area contributed by atoms with Gasteiger partial charge in [0, 0.05) is 17.1 Å². The maximum Gasteiger partial charge on any atom is 0.267 e. The monoisotopic (exact) mass is 343 g/mol. The van der Waals surface area contributed by atoms with Gasteiger partial charge in [0.05, 0.1) is 15.5 Å². The number of nitrogens with zero attached hydrogens (tertiary/aromatic N) is 1. The van der Waals surface area contributed by atoms with Crippen LogP contribution in [-0.2, 0) is 9.59 Å². The summed E-state index contributed by atoms with van der Waals surface area (Å²) >= 11 is 13.5. The molecule has 0 saturated heterocycles. The lowest BCUT2D eigenvalue weighted by Crippen LogP contribution is -2.32. The maximum absolute atomic E-state index is 12.6. The normalized spacial score (nSPS) is 15.3. The SMILES string of the molecule is CCCN1C(=O)C(SCC)=C(c2ccc(Cl)cc2Cl)C1=O. The molecule has 1 aliphatic rings. The van der Waals surface area contributed by atoms with E-state index in [-0.39, 0.29) is 11.8 Å². The van der Waals surface area contributed by atoms with Crippen molar-refractivity contribution in [1.29, 1.82) is 0 Å². The lowest BCUT2D eigenvalue weighted by molar-refractivity contribution is -0.136. The van der Waals surface area contributed by atoms with Gasteiger partial charge in [-0.05, 0) is 24.3 Å². The molecule has 0 saturated carbocycles. The second-order valence-electron chi connectivity index (χ2n) is 4.52. The Morgan fingerprint density at radius 1 is 1.14 bits per heavy atom. The number of rotatable bonds is 5. The number of benzene rings is 1. The van der Waals surface area contributed by atoms with Crippen LogP contribution in [-0.4, -0.2) is 29.0 Å². The van der Waals surface area contributed by atoms with Crippen LogP contribution in [0.15, 0.2) is 23.1 Å². The first-order valence-corrected chi connectivity index (χ1v) is 8.44. The number of amides is 2. The minimum absolute atomic E-state index is 0.227. The van der Waals surface area contributed by atoms with Gasteiger partial charge in [-0.25, -0.2) is 0 Å². The Kier molecular flexibility index (Phi) is 5.36. The lowest BCUT2D eigenvalue weighted by atomic mass is 10.1. The summed E-state index contributed by atoms with van der Waals surface area (Å²) in [6, 6.07) is 4.95. The molecule has 0 radical (unpaired) electrons. The molecule has 0 atom stereocenters. The highest BCUT2D eigenvalue weighted by Gasteiger charge is 2.39. The fourth-order valence-corrected chi connectivity index (χ4v) is 3.56. The molecule has 0 fully saturated rings. The highest BCUT2D eigenvalue weighted by molar-refractivity contribution is 8.04. The number of thioether (sulfide) groups is 1. The third-order valence-corrected chi connectivity index (χ3v) is 4.57. The van der Waals surface area contributed by atoms with Crippen LogP contribution in [0, 0.1) is 0 Å². The van der Waals surface area contributed by atoms with E-state index in [9.17, 15) is 9.59 Å². The molecule has 21 heavy (non-hydrogen) atoms. The summed E-state index contributed by atoms with van der Waals surface area (Å²) in [6.07, 6.45) is 0.725. The summed E-state index contributed by atoms with van der Waals surface area (Å²) < 4.78 is 0. The Hall–Kier alpha value is -0.970. The van der Waals surface area contributed by atoms with Gasteiger partial charge in [-0.2, -0.15) is 0 Å². The van der Waals surface area contributed by atoms with Gasteiger partial charge in [-0.1, -0.05) is 43.1 Å². The van der Waals surface area contributed by atoms with Crippen LogP contribution < -0.4 is 0 Å². The Bertz CT molecular complexity index is 628. The van der Waals surface area contributed by atoms with Crippen molar-refractivity contribution in [3.8, 4) is 0 Å². The second-order valence-corrected chi connectivity index (χ2v) is 6.64. The summed E-state index contributed by atoms with van der Waals surface area (Å²) in [5.74, 6) is 0.208. The number of imide groups is 1. The second kappa shape index (κ2) is 6.86. The van der Waals surface area contributed by atoms with E-state index in [1.165, 1.54) is 16.7 Å². The molecule has 0 aromatic heterocycles. The van der Waals surface area contributed by atoms with E-state index in [1.54, 1.807) is 18.2 Å². The first-order chi connectivity index (χ1) is 10.0. The first-order valence-electron chi connectivity index (χ1n) is 6.69. The quantitative estimate of drug-likeness (QED) is 0.750. The van der Waals surface area contributed by atoms with Crippen molar-refractivity contribution in [2.75, 3.05) is 12.3 Å². The predicted octanol–water partition coefficient (Wildman–Crippen LogP) is 4.24. The molecule has 2 amide bonds. The highest BCUT2D eigenvalue weighted by Crippen LogP contribution is 2.39. The molecule has 112 valence electrons. The van der Waals surface area contributed by atoms with Crippen molar-refractivity contribution in [3.63, 3.8) is 0 Å². The fourth-order valence-electron chi connectivity index (χ4n) is 2.19. The molecule has 6 heteroatoms. The Balaban J connectivity index is 2.55. The van der Waals surface area contributed by atoms with Gasteiger partial charge in [0.25, 0.3) is 11.8 Å². The molecule has 1 aromatic rings. The van der Waals surface area contributed by atoms with Crippen molar-refractivity contribution >= 4 is 52.4 Å². The molecule has 1 aromatic carbocycles.